The zero-order valence-corrected chi connectivity index (χ0v) is 15.8. The molecule has 0 fully saturated rings. The first kappa shape index (κ1) is 18.2. The van der Waals surface area contributed by atoms with Gasteiger partial charge in [0.1, 0.15) is 17.3 Å². The minimum absolute atomic E-state index is 0.167. The van der Waals surface area contributed by atoms with Crippen LogP contribution in [0.2, 0.25) is 5.02 Å². The molecule has 0 saturated heterocycles. The number of hydrogen-bond acceptors (Lipinski definition) is 4. The summed E-state index contributed by atoms with van der Waals surface area (Å²) in [6.07, 6.45) is 1.43. The highest BCUT2D eigenvalue weighted by molar-refractivity contribution is 9.10. The van der Waals surface area contributed by atoms with Gasteiger partial charge >= 0.3 is 0 Å². The average Bonchev–Trinajstić information content (AvgIpc) is 3.09. The number of carbonyl (C=O) groups is 1. The summed E-state index contributed by atoms with van der Waals surface area (Å²) in [4.78, 5) is 11.7. The fourth-order valence-corrected chi connectivity index (χ4v) is 2.54. The molecule has 0 aliphatic heterocycles. The van der Waals surface area contributed by atoms with Gasteiger partial charge in [0.15, 0.2) is 6.61 Å². The Morgan fingerprint density at radius 1 is 1.19 bits per heavy atom. The molecule has 0 saturated carbocycles. The molecule has 1 heterocycles. The first-order chi connectivity index (χ1) is 12.6. The van der Waals surface area contributed by atoms with Gasteiger partial charge in [0, 0.05) is 15.1 Å². The Hall–Kier alpha value is -2.57. The predicted molar refractivity (Wildman–Crippen MR) is 105 cm³/mol. The topological polar surface area (TPSA) is 63.8 Å². The number of rotatable bonds is 6. The molecule has 0 spiro atoms. The molecule has 0 aliphatic carbocycles. The standard InChI is InChI=1S/C19H14BrClN2O3/c20-14-6-4-13(5-7-14)18-9-8-17(26-18)11-22-23-19(24)12-25-16-3-1-2-15(21)10-16/h1-11H,12H2,(H,23,24)/b22-11-. The molecule has 132 valence electrons. The fraction of sp³-hybridized carbons (Fsp3) is 0.0526. The van der Waals surface area contributed by atoms with Crippen LogP contribution < -0.4 is 10.2 Å². The van der Waals surface area contributed by atoms with Crippen molar-refractivity contribution in [3.05, 3.63) is 75.9 Å². The van der Waals surface area contributed by atoms with Crippen LogP contribution >= 0.6 is 27.5 Å². The van der Waals surface area contributed by atoms with E-state index in [1.165, 1.54) is 6.21 Å². The molecule has 2 aromatic carbocycles. The molecule has 1 N–H and O–H groups in total. The number of carbonyl (C=O) groups excluding carboxylic acids is 1. The summed E-state index contributed by atoms with van der Waals surface area (Å²) in [5.74, 6) is 1.37. The molecule has 5 nitrogen and oxygen atoms in total. The van der Waals surface area contributed by atoms with Crippen molar-refractivity contribution in [2.24, 2.45) is 5.10 Å². The minimum atomic E-state index is -0.388. The smallest absolute Gasteiger partial charge is 0.277 e. The zero-order chi connectivity index (χ0) is 18.4. The molecule has 1 aromatic heterocycles. The largest absolute Gasteiger partial charge is 0.484 e. The van der Waals surface area contributed by atoms with E-state index in [0.717, 1.165) is 15.8 Å². The van der Waals surface area contributed by atoms with Crippen molar-refractivity contribution in [2.75, 3.05) is 6.61 Å². The van der Waals surface area contributed by atoms with Gasteiger partial charge in [-0.1, -0.05) is 45.7 Å². The van der Waals surface area contributed by atoms with Gasteiger partial charge in [-0.3, -0.25) is 4.79 Å². The quantitative estimate of drug-likeness (QED) is 0.444. The van der Waals surface area contributed by atoms with E-state index in [0.29, 0.717) is 16.5 Å². The van der Waals surface area contributed by atoms with Gasteiger partial charge in [0.25, 0.3) is 5.91 Å². The van der Waals surface area contributed by atoms with Gasteiger partial charge in [-0.15, -0.1) is 0 Å². The number of hydrazone groups is 1. The first-order valence-corrected chi connectivity index (χ1v) is 8.83. The maximum absolute atomic E-state index is 11.7. The number of furan rings is 1. The number of ether oxygens (including phenoxy) is 1. The van der Waals surface area contributed by atoms with Gasteiger partial charge in [-0.25, -0.2) is 5.43 Å². The van der Waals surface area contributed by atoms with Crippen LogP contribution in [-0.4, -0.2) is 18.7 Å². The summed E-state index contributed by atoms with van der Waals surface area (Å²) >= 11 is 9.24. The van der Waals surface area contributed by atoms with Gasteiger partial charge in [-0.05, 0) is 42.5 Å². The molecule has 1 amide bonds. The highest BCUT2D eigenvalue weighted by atomic mass is 79.9. The lowest BCUT2D eigenvalue weighted by Crippen LogP contribution is -2.24. The van der Waals surface area contributed by atoms with Gasteiger partial charge < -0.3 is 9.15 Å². The Bertz CT molecular complexity index is 923. The number of amides is 1. The molecule has 0 unspecified atom stereocenters. The molecular weight excluding hydrogens is 420 g/mol. The normalized spacial score (nSPS) is 10.8. The van der Waals surface area contributed by atoms with Crippen LogP contribution in [0, 0.1) is 0 Å². The summed E-state index contributed by atoms with van der Waals surface area (Å²) in [6, 6.07) is 18.2. The predicted octanol–water partition coefficient (Wildman–Crippen LogP) is 4.89. The van der Waals surface area contributed by atoms with Crippen molar-refractivity contribution < 1.29 is 13.9 Å². The first-order valence-electron chi connectivity index (χ1n) is 7.66. The fourth-order valence-electron chi connectivity index (χ4n) is 2.10. The molecule has 3 rings (SSSR count). The molecule has 0 bridgehead atoms. The van der Waals surface area contributed by atoms with Gasteiger partial charge in [0.2, 0.25) is 0 Å². The summed E-state index contributed by atoms with van der Waals surface area (Å²) < 4.78 is 12.0. The van der Waals surface area contributed by atoms with Crippen molar-refractivity contribution in [2.45, 2.75) is 0 Å². The molecule has 7 heteroatoms. The summed E-state index contributed by atoms with van der Waals surface area (Å²) in [5.41, 5.74) is 3.33. The Morgan fingerprint density at radius 2 is 2.00 bits per heavy atom. The maximum Gasteiger partial charge on any atom is 0.277 e. The number of hydrogen-bond donors (Lipinski definition) is 1. The van der Waals surface area contributed by atoms with Crippen LogP contribution in [0.4, 0.5) is 0 Å². The SMILES string of the molecule is O=C(COc1cccc(Cl)c1)N/N=C\c1ccc(-c2ccc(Br)cc2)o1. The van der Waals surface area contributed by atoms with Gasteiger partial charge in [0.05, 0.1) is 6.21 Å². The summed E-state index contributed by atoms with van der Waals surface area (Å²) in [7, 11) is 0. The lowest BCUT2D eigenvalue weighted by atomic mass is 10.2. The Balaban J connectivity index is 1.50. The molecule has 0 radical (unpaired) electrons. The van der Waals surface area contributed by atoms with Gasteiger partial charge in [-0.2, -0.15) is 5.10 Å². The third-order valence-corrected chi connectivity index (χ3v) is 4.07. The summed E-state index contributed by atoms with van der Waals surface area (Å²) in [6.45, 7) is -0.167. The monoisotopic (exact) mass is 432 g/mol. The van der Waals surface area contributed by atoms with E-state index in [4.69, 9.17) is 20.8 Å². The third kappa shape index (κ3) is 5.21. The molecule has 0 atom stereocenters. The zero-order valence-electron chi connectivity index (χ0n) is 13.5. The second-order valence-electron chi connectivity index (χ2n) is 5.25. The second kappa shape index (κ2) is 8.69. The molecule has 0 aliphatic rings. The van der Waals surface area contributed by atoms with E-state index in [1.807, 2.05) is 30.3 Å². The van der Waals surface area contributed by atoms with Crippen molar-refractivity contribution in [1.29, 1.82) is 0 Å². The minimum Gasteiger partial charge on any atom is -0.484 e. The highest BCUT2D eigenvalue weighted by Crippen LogP contribution is 2.23. The molecule has 3 aromatic rings. The maximum atomic E-state index is 11.7. The Labute approximate surface area is 163 Å². The number of halogens is 2. The molecule has 26 heavy (non-hydrogen) atoms. The van der Waals surface area contributed by atoms with Crippen LogP contribution in [0.25, 0.3) is 11.3 Å². The van der Waals surface area contributed by atoms with Crippen LogP contribution in [0.15, 0.2) is 74.7 Å². The average molecular weight is 434 g/mol. The molecular formula is C19H14BrClN2O3. The van der Waals surface area contributed by atoms with Crippen molar-refractivity contribution in [3.8, 4) is 17.1 Å². The highest BCUT2D eigenvalue weighted by Gasteiger charge is 2.04. The van der Waals surface area contributed by atoms with E-state index in [1.54, 1.807) is 30.3 Å². The van der Waals surface area contributed by atoms with Crippen LogP contribution in [-0.2, 0) is 4.79 Å². The van der Waals surface area contributed by atoms with Crippen LogP contribution in [0.5, 0.6) is 5.75 Å². The number of benzene rings is 2. The summed E-state index contributed by atoms with van der Waals surface area (Å²) in [5, 5.41) is 4.40. The lowest BCUT2D eigenvalue weighted by Gasteiger charge is -2.04. The number of nitrogens with one attached hydrogen (secondary N) is 1. The Morgan fingerprint density at radius 3 is 2.77 bits per heavy atom. The van der Waals surface area contributed by atoms with E-state index in [9.17, 15) is 4.79 Å². The van der Waals surface area contributed by atoms with Crippen molar-refractivity contribution in [3.63, 3.8) is 0 Å². The lowest BCUT2D eigenvalue weighted by molar-refractivity contribution is -0.123. The Kier molecular flexibility index (Phi) is 6.09. The van der Waals surface area contributed by atoms with Crippen molar-refractivity contribution >= 4 is 39.7 Å². The van der Waals surface area contributed by atoms with Crippen molar-refractivity contribution in [1.82, 2.24) is 5.43 Å². The van der Waals surface area contributed by atoms with E-state index >= 15 is 0 Å². The number of nitrogens with zero attached hydrogens (tertiary/aromatic N) is 1. The second-order valence-corrected chi connectivity index (χ2v) is 6.60. The van der Waals surface area contributed by atoms with E-state index in [-0.39, 0.29) is 12.5 Å². The van der Waals surface area contributed by atoms with E-state index in [2.05, 4.69) is 26.5 Å². The van der Waals surface area contributed by atoms with Crippen LogP contribution in [0.3, 0.4) is 0 Å². The van der Waals surface area contributed by atoms with E-state index < -0.39 is 0 Å². The van der Waals surface area contributed by atoms with Crippen LogP contribution in [0.1, 0.15) is 5.76 Å². The third-order valence-electron chi connectivity index (χ3n) is 3.30.